The van der Waals surface area contributed by atoms with E-state index in [0.717, 1.165) is 0 Å². The van der Waals surface area contributed by atoms with E-state index in [1.807, 2.05) is 25.1 Å². The number of Topliss-reactive ketones (excluding diaryl/α,β-unsaturated/α-hetero) is 1. The number of benzene rings is 1. The molecule has 3 heterocycles. The summed E-state index contributed by atoms with van der Waals surface area (Å²) < 4.78 is 0. The molecular formula is C23H23N5O4. The zero-order valence-electron chi connectivity index (χ0n) is 17.8. The monoisotopic (exact) mass is 433 g/mol. The Morgan fingerprint density at radius 1 is 1.16 bits per heavy atom. The normalized spacial score (nSPS) is 16.1. The fourth-order valence-corrected chi connectivity index (χ4v) is 3.99. The van der Waals surface area contributed by atoms with Crippen LogP contribution in [0.1, 0.15) is 27.6 Å². The van der Waals surface area contributed by atoms with E-state index in [1.165, 1.54) is 22.2 Å². The summed E-state index contributed by atoms with van der Waals surface area (Å²) in [6.07, 6.45) is 3.59. The van der Waals surface area contributed by atoms with E-state index in [2.05, 4.69) is 9.97 Å². The molecule has 1 aliphatic heterocycles. The van der Waals surface area contributed by atoms with Gasteiger partial charge in [-0.2, -0.15) is 0 Å². The van der Waals surface area contributed by atoms with Crippen molar-refractivity contribution in [2.45, 2.75) is 13.0 Å². The topological polar surface area (TPSA) is 107 Å². The maximum Gasteiger partial charge on any atom is 0.295 e. The van der Waals surface area contributed by atoms with Crippen molar-refractivity contribution in [2.75, 3.05) is 31.6 Å². The molecule has 1 aromatic carbocycles. The van der Waals surface area contributed by atoms with Gasteiger partial charge in [0.15, 0.2) is 0 Å². The minimum Gasteiger partial charge on any atom is -0.357 e. The Kier molecular flexibility index (Phi) is 5.72. The van der Waals surface area contributed by atoms with Crippen LogP contribution in [0, 0.1) is 0 Å². The number of pyridine rings is 1. The van der Waals surface area contributed by atoms with Crippen molar-refractivity contribution in [1.82, 2.24) is 19.8 Å². The van der Waals surface area contributed by atoms with Crippen molar-refractivity contribution < 1.29 is 19.2 Å². The number of nitrogens with zero attached hydrogens (tertiary/aromatic N) is 4. The van der Waals surface area contributed by atoms with E-state index < -0.39 is 11.7 Å². The highest BCUT2D eigenvalue weighted by Gasteiger charge is 2.34. The summed E-state index contributed by atoms with van der Waals surface area (Å²) in [6.45, 7) is 2.77. The lowest BCUT2D eigenvalue weighted by Gasteiger charge is -2.39. The van der Waals surface area contributed by atoms with E-state index in [9.17, 15) is 19.2 Å². The van der Waals surface area contributed by atoms with Crippen LogP contribution in [0.3, 0.4) is 0 Å². The van der Waals surface area contributed by atoms with Gasteiger partial charge in [-0.05, 0) is 25.1 Å². The van der Waals surface area contributed by atoms with Crippen LogP contribution in [0.2, 0.25) is 0 Å². The molecule has 164 valence electrons. The fourth-order valence-electron chi connectivity index (χ4n) is 3.99. The van der Waals surface area contributed by atoms with Crippen LogP contribution < -0.4 is 4.90 Å². The molecule has 2 aromatic heterocycles. The number of amides is 3. The summed E-state index contributed by atoms with van der Waals surface area (Å²) in [5.74, 6) is -1.41. The van der Waals surface area contributed by atoms with Gasteiger partial charge in [0.05, 0.1) is 16.8 Å². The number of anilines is 1. The summed E-state index contributed by atoms with van der Waals surface area (Å²) in [7, 11) is 1.59. The Bertz CT molecular complexity index is 1190. The third-order valence-electron chi connectivity index (χ3n) is 5.72. The van der Waals surface area contributed by atoms with Crippen molar-refractivity contribution >= 4 is 40.7 Å². The van der Waals surface area contributed by atoms with Crippen molar-refractivity contribution in [1.29, 1.82) is 0 Å². The average Bonchev–Trinajstić information content (AvgIpc) is 3.27. The van der Waals surface area contributed by atoms with Gasteiger partial charge in [-0.1, -0.05) is 18.2 Å². The molecule has 3 aromatic rings. The average molecular weight is 433 g/mol. The number of rotatable bonds is 5. The number of carbonyl (C=O) groups is 4. The molecular weight excluding hydrogens is 410 g/mol. The van der Waals surface area contributed by atoms with Gasteiger partial charge in [-0.15, -0.1) is 0 Å². The van der Waals surface area contributed by atoms with Crippen LogP contribution in [-0.2, 0) is 9.59 Å². The summed E-state index contributed by atoms with van der Waals surface area (Å²) in [6, 6.07) is 10.3. The van der Waals surface area contributed by atoms with Crippen LogP contribution in [0.4, 0.5) is 5.69 Å². The Balaban J connectivity index is 1.51. The van der Waals surface area contributed by atoms with Gasteiger partial charge in [0.25, 0.3) is 17.6 Å². The predicted octanol–water partition coefficient (Wildman–Crippen LogP) is 1.71. The number of carbonyl (C=O) groups excluding carboxylic acids is 4. The number of hydrogen-bond acceptors (Lipinski definition) is 5. The van der Waals surface area contributed by atoms with Gasteiger partial charge in [0.1, 0.15) is 5.52 Å². The molecule has 0 aliphatic carbocycles. The van der Waals surface area contributed by atoms with Crippen LogP contribution in [0.5, 0.6) is 0 Å². The second-order valence-electron chi connectivity index (χ2n) is 7.77. The summed E-state index contributed by atoms with van der Waals surface area (Å²) in [5.41, 5.74) is 2.14. The molecule has 1 fully saturated rings. The quantitative estimate of drug-likeness (QED) is 0.375. The fraction of sp³-hybridized carbons (Fsp3) is 0.261. The van der Waals surface area contributed by atoms with Gasteiger partial charge in [-0.3, -0.25) is 24.2 Å². The lowest BCUT2D eigenvalue weighted by Crippen LogP contribution is -2.56. The first-order valence-corrected chi connectivity index (χ1v) is 10.3. The van der Waals surface area contributed by atoms with Crippen LogP contribution in [0.15, 0.2) is 48.8 Å². The standard InChI is InChI=1S/C23H23N5O4/c1-15-13-27(22(31)16-6-4-3-5-7-16)10-11-28(15)23(32)21(30)17-12-25-20-18(26(2)14-29)8-9-24-19(17)20/h3-9,12,14-15,25H,10-11,13H2,1-2H3/t15-/m1/s1. The smallest absolute Gasteiger partial charge is 0.295 e. The van der Waals surface area contributed by atoms with E-state index in [4.69, 9.17) is 0 Å². The Morgan fingerprint density at radius 2 is 1.91 bits per heavy atom. The maximum atomic E-state index is 13.0. The number of fused-ring (bicyclic) bond motifs is 1. The summed E-state index contributed by atoms with van der Waals surface area (Å²) >= 11 is 0. The molecule has 0 unspecified atom stereocenters. The molecule has 0 radical (unpaired) electrons. The van der Waals surface area contributed by atoms with Gasteiger partial charge in [-0.25, -0.2) is 0 Å². The van der Waals surface area contributed by atoms with Crippen LogP contribution >= 0.6 is 0 Å². The van der Waals surface area contributed by atoms with Crippen molar-refractivity contribution in [2.24, 2.45) is 0 Å². The van der Waals surface area contributed by atoms with Crippen LogP contribution in [0.25, 0.3) is 11.0 Å². The zero-order valence-corrected chi connectivity index (χ0v) is 17.8. The van der Waals surface area contributed by atoms with Crippen molar-refractivity contribution in [3.63, 3.8) is 0 Å². The maximum absolute atomic E-state index is 13.0. The van der Waals surface area contributed by atoms with Gasteiger partial charge in [0, 0.05) is 50.7 Å². The molecule has 1 atom stereocenters. The highest BCUT2D eigenvalue weighted by Crippen LogP contribution is 2.26. The second kappa shape index (κ2) is 8.62. The largest absolute Gasteiger partial charge is 0.357 e. The minimum absolute atomic E-state index is 0.0940. The van der Waals surface area contributed by atoms with E-state index in [0.29, 0.717) is 41.8 Å². The molecule has 3 amide bonds. The number of hydrogen-bond donors (Lipinski definition) is 1. The molecule has 9 heteroatoms. The van der Waals surface area contributed by atoms with Crippen molar-refractivity contribution in [3.8, 4) is 0 Å². The first kappa shape index (κ1) is 21.2. The predicted molar refractivity (Wildman–Crippen MR) is 118 cm³/mol. The Hall–Kier alpha value is -4.01. The number of ketones is 1. The van der Waals surface area contributed by atoms with Crippen molar-refractivity contribution in [3.05, 3.63) is 59.9 Å². The lowest BCUT2D eigenvalue weighted by molar-refractivity contribution is -0.130. The molecule has 0 spiro atoms. The SMILES string of the molecule is C[C@@H]1CN(C(=O)c2ccccc2)CCN1C(=O)C(=O)c1c[nH]c2c(N(C)C=O)ccnc12. The third-order valence-corrected chi connectivity index (χ3v) is 5.72. The van der Waals surface area contributed by atoms with E-state index in [1.54, 1.807) is 30.1 Å². The molecule has 1 saturated heterocycles. The molecule has 0 saturated carbocycles. The van der Waals surface area contributed by atoms with Gasteiger partial charge >= 0.3 is 0 Å². The zero-order chi connectivity index (χ0) is 22.8. The second-order valence-corrected chi connectivity index (χ2v) is 7.77. The van der Waals surface area contributed by atoms with Gasteiger partial charge < -0.3 is 19.7 Å². The number of nitrogens with one attached hydrogen (secondary N) is 1. The highest BCUT2D eigenvalue weighted by molar-refractivity contribution is 6.44. The lowest BCUT2D eigenvalue weighted by atomic mass is 10.1. The Morgan fingerprint density at radius 3 is 2.59 bits per heavy atom. The summed E-state index contributed by atoms with van der Waals surface area (Å²) in [4.78, 5) is 61.7. The summed E-state index contributed by atoms with van der Waals surface area (Å²) in [5, 5.41) is 0. The van der Waals surface area contributed by atoms with E-state index in [-0.39, 0.29) is 24.1 Å². The highest BCUT2D eigenvalue weighted by atomic mass is 16.2. The first-order valence-electron chi connectivity index (χ1n) is 10.3. The molecule has 32 heavy (non-hydrogen) atoms. The van der Waals surface area contributed by atoms with E-state index >= 15 is 0 Å². The van der Waals surface area contributed by atoms with Gasteiger partial charge in [0.2, 0.25) is 6.41 Å². The number of piperazine rings is 1. The number of H-pyrrole nitrogens is 1. The molecule has 9 nitrogen and oxygen atoms in total. The molecule has 4 rings (SSSR count). The molecule has 1 N–H and O–H groups in total. The molecule has 1 aliphatic rings. The number of aromatic nitrogens is 2. The van der Waals surface area contributed by atoms with Crippen LogP contribution in [-0.4, -0.2) is 76.5 Å². The third kappa shape index (κ3) is 3.73. The first-order chi connectivity index (χ1) is 15.4. The Labute approximate surface area is 184 Å². The number of aromatic amines is 1. The minimum atomic E-state index is -0.677. The molecule has 0 bridgehead atoms.